The Hall–Kier alpha value is -0.910. The lowest BCUT2D eigenvalue weighted by molar-refractivity contribution is -0.145. The third-order valence-corrected chi connectivity index (χ3v) is 3.37. The van der Waals surface area contributed by atoms with Crippen LogP contribution in [0.4, 0.5) is 0 Å². The maximum absolute atomic E-state index is 11.2. The van der Waals surface area contributed by atoms with Gasteiger partial charge < -0.3 is 15.6 Å². The van der Waals surface area contributed by atoms with E-state index in [1.807, 2.05) is 24.3 Å². The second-order valence-electron chi connectivity index (χ2n) is 3.90. The van der Waals surface area contributed by atoms with Gasteiger partial charge in [-0.05, 0) is 17.7 Å². The highest BCUT2D eigenvalue weighted by Crippen LogP contribution is 2.36. The number of halogens is 1. The molecule has 1 aliphatic heterocycles. The standard InChI is InChI=1S/C11H12BrNO3/c12-8-3-1-7(2-4-8)9-11(13,10(14)15)5-6-16-9/h1-4,9H,5-6,13H2,(H,14,15)/t9-,11+/m0/s1. The normalized spacial score (nSPS) is 29.2. The molecule has 2 atom stereocenters. The highest BCUT2D eigenvalue weighted by Gasteiger charge is 2.48. The van der Waals surface area contributed by atoms with E-state index in [0.29, 0.717) is 13.0 Å². The first-order chi connectivity index (χ1) is 7.54. The summed E-state index contributed by atoms with van der Waals surface area (Å²) in [6, 6.07) is 7.34. The summed E-state index contributed by atoms with van der Waals surface area (Å²) in [7, 11) is 0. The molecule has 0 aliphatic carbocycles. The molecule has 2 rings (SSSR count). The molecule has 0 spiro atoms. The van der Waals surface area contributed by atoms with Crippen molar-refractivity contribution in [2.75, 3.05) is 6.61 Å². The first kappa shape index (κ1) is 11.6. The van der Waals surface area contributed by atoms with Gasteiger partial charge in [0.05, 0.1) is 0 Å². The molecule has 1 aromatic carbocycles. The van der Waals surface area contributed by atoms with Gasteiger partial charge >= 0.3 is 5.97 Å². The molecular formula is C11H12BrNO3. The van der Waals surface area contributed by atoms with Gasteiger partial charge in [0, 0.05) is 17.5 Å². The zero-order valence-corrected chi connectivity index (χ0v) is 10.1. The van der Waals surface area contributed by atoms with Gasteiger partial charge in [0.25, 0.3) is 0 Å². The molecule has 16 heavy (non-hydrogen) atoms. The van der Waals surface area contributed by atoms with Crippen LogP contribution in [0.25, 0.3) is 0 Å². The van der Waals surface area contributed by atoms with E-state index in [1.165, 1.54) is 0 Å². The fourth-order valence-electron chi connectivity index (χ4n) is 1.88. The number of hydrogen-bond donors (Lipinski definition) is 2. The molecule has 1 heterocycles. The molecule has 0 radical (unpaired) electrons. The lowest BCUT2D eigenvalue weighted by atomic mass is 9.88. The predicted octanol–water partition coefficient (Wildman–Crippen LogP) is 1.69. The summed E-state index contributed by atoms with van der Waals surface area (Å²) in [5.41, 5.74) is 5.37. The van der Waals surface area contributed by atoms with Crippen molar-refractivity contribution in [1.82, 2.24) is 0 Å². The van der Waals surface area contributed by atoms with Crippen molar-refractivity contribution < 1.29 is 14.6 Å². The minimum Gasteiger partial charge on any atom is -0.480 e. The maximum atomic E-state index is 11.2. The summed E-state index contributed by atoms with van der Waals surface area (Å²) in [6.45, 7) is 0.379. The Morgan fingerprint density at radius 3 is 2.69 bits per heavy atom. The molecule has 1 aromatic rings. The zero-order chi connectivity index (χ0) is 11.8. The van der Waals surface area contributed by atoms with E-state index in [2.05, 4.69) is 15.9 Å². The van der Waals surface area contributed by atoms with Crippen LogP contribution < -0.4 is 5.73 Å². The molecule has 1 aliphatic rings. The minimum absolute atomic E-state index is 0.336. The Balaban J connectivity index is 2.33. The summed E-state index contributed by atoms with van der Waals surface area (Å²) >= 11 is 3.32. The molecule has 0 aromatic heterocycles. The van der Waals surface area contributed by atoms with Crippen molar-refractivity contribution in [1.29, 1.82) is 0 Å². The SMILES string of the molecule is N[C@]1(C(=O)O)CCO[C@H]1c1ccc(Br)cc1. The zero-order valence-electron chi connectivity index (χ0n) is 8.52. The molecule has 1 saturated heterocycles. The van der Waals surface area contributed by atoms with Gasteiger partial charge in [-0.3, -0.25) is 4.79 Å². The summed E-state index contributed by atoms with van der Waals surface area (Å²) in [5, 5.41) is 9.14. The molecule has 0 amide bonds. The van der Waals surface area contributed by atoms with Crippen molar-refractivity contribution in [2.45, 2.75) is 18.1 Å². The number of rotatable bonds is 2. The van der Waals surface area contributed by atoms with Crippen molar-refractivity contribution in [3.63, 3.8) is 0 Å². The van der Waals surface area contributed by atoms with E-state index in [4.69, 9.17) is 15.6 Å². The van der Waals surface area contributed by atoms with Crippen LogP contribution in [0.2, 0.25) is 0 Å². The lowest BCUT2D eigenvalue weighted by Crippen LogP contribution is -2.50. The maximum Gasteiger partial charge on any atom is 0.326 e. The largest absolute Gasteiger partial charge is 0.480 e. The molecule has 86 valence electrons. The highest BCUT2D eigenvalue weighted by atomic mass is 79.9. The summed E-state index contributed by atoms with van der Waals surface area (Å²) in [6.07, 6.45) is -0.235. The lowest BCUT2D eigenvalue weighted by Gasteiger charge is -2.25. The number of carboxylic acids is 1. The quantitative estimate of drug-likeness (QED) is 0.867. The number of benzene rings is 1. The van der Waals surface area contributed by atoms with Crippen LogP contribution >= 0.6 is 15.9 Å². The molecule has 0 bridgehead atoms. The van der Waals surface area contributed by atoms with E-state index in [0.717, 1.165) is 10.0 Å². The van der Waals surface area contributed by atoms with Gasteiger partial charge in [-0.15, -0.1) is 0 Å². The van der Waals surface area contributed by atoms with Crippen molar-refractivity contribution >= 4 is 21.9 Å². The average Bonchev–Trinajstić information content (AvgIpc) is 2.63. The number of nitrogens with two attached hydrogens (primary N) is 1. The molecular weight excluding hydrogens is 274 g/mol. The molecule has 4 nitrogen and oxygen atoms in total. The molecule has 0 saturated carbocycles. The average molecular weight is 286 g/mol. The third kappa shape index (κ3) is 1.86. The van der Waals surface area contributed by atoms with Gasteiger partial charge in [-0.2, -0.15) is 0 Å². The highest BCUT2D eigenvalue weighted by molar-refractivity contribution is 9.10. The van der Waals surface area contributed by atoms with E-state index < -0.39 is 17.6 Å². The number of carboxylic acid groups (broad SMARTS) is 1. The second-order valence-corrected chi connectivity index (χ2v) is 4.81. The number of ether oxygens (including phenoxy) is 1. The van der Waals surface area contributed by atoms with E-state index in [-0.39, 0.29) is 0 Å². The van der Waals surface area contributed by atoms with Gasteiger partial charge in [0.1, 0.15) is 11.6 Å². The van der Waals surface area contributed by atoms with Gasteiger partial charge in [-0.1, -0.05) is 28.1 Å². The first-order valence-corrected chi connectivity index (χ1v) is 5.73. The molecule has 5 heteroatoms. The van der Waals surface area contributed by atoms with Crippen LogP contribution in [0.3, 0.4) is 0 Å². The molecule has 1 fully saturated rings. The summed E-state index contributed by atoms with van der Waals surface area (Å²) < 4.78 is 6.37. The third-order valence-electron chi connectivity index (χ3n) is 2.84. The van der Waals surface area contributed by atoms with Crippen LogP contribution in [-0.2, 0) is 9.53 Å². The fourth-order valence-corrected chi connectivity index (χ4v) is 2.14. The number of hydrogen-bond acceptors (Lipinski definition) is 3. The number of aliphatic carboxylic acids is 1. The first-order valence-electron chi connectivity index (χ1n) is 4.93. The summed E-state index contributed by atoms with van der Waals surface area (Å²) in [4.78, 5) is 11.2. The van der Waals surface area contributed by atoms with Crippen LogP contribution in [0.15, 0.2) is 28.7 Å². The second kappa shape index (κ2) is 4.16. The van der Waals surface area contributed by atoms with Crippen LogP contribution in [0.1, 0.15) is 18.1 Å². The predicted molar refractivity (Wildman–Crippen MR) is 62.0 cm³/mol. The monoisotopic (exact) mass is 285 g/mol. The van der Waals surface area contributed by atoms with Gasteiger partial charge in [0.2, 0.25) is 0 Å². The topological polar surface area (TPSA) is 72.6 Å². The molecule has 3 N–H and O–H groups in total. The fraction of sp³-hybridized carbons (Fsp3) is 0.364. The van der Waals surface area contributed by atoms with E-state index in [9.17, 15) is 4.79 Å². The smallest absolute Gasteiger partial charge is 0.326 e. The van der Waals surface area contributed by atoms with Gasteiger partial charge in [-0.25, -0.2) is 0 Å². The van der Waals surface area contributed by atoms with E-state index >= 15 is 0 Å². The van der Waals surface area contributed by atoms with Crippen molar-refractivity contribution in [2.24, 2.45) is 5.73 Å². The Kier molecular flexibility index (Phi) is 3.01. The van der Waals surface area contributed by atoms with Crippen LogP contribution in [0.5, 0.6) is 0 Å². The molecule has 0 unspecified atom stereocenters. The Labute approximate surface area is 102 Å². The number of carbonyl (C=O) groups is 1. The summed E-state index contributed by atoms with van der Waals surface area (Å²) in [5.74, 6) is -1.02. The van der Waals surface area contributed by atoms with Gasteiger partial charge in [0.15, 0.2) is 0 Å². The Morgan fingerprint density at radius 1 is 1.50 bits per heavy atom. The van der Waals surface area contributed by atoms with Crippen LogP contribution in [-0.4, -0.2) is 23.2 Å². The van der Waals surface area contributed by atoms with Crippen molar-refractivity contribution in [3.8, 4) is 0 Å². The Morgan fingerprint density at radius 2 is 2.12 bits per heavy atom. The Bertz CT molecular complexity index is 406. The van der Waals surface area contributed by atoms with Crippen molar-refractivity contribution in [3.05, 3.63) is 34.3 Å². The van der Waals surface area contributed by atoms with E-state index in [1.54, 1.807) is 0 Å². The van der Waals surface area contributed by atoms with Crippen LogP contribution in [0, 0.1) is 0 Å². The minimum atomic E-state index is -1.31.